The number of nitrogens with zero attached hydrogens (tertiary/aromatic N) is 2. The van der Waals surface area contributed by atoms with Gasteiger partial charge in [0.05, 0.1) is 6.54 Å². The number of hydrogen-bond acceptors (Lipinski definition) is 3. The molecule has 1 fully saturated rings. The predicted octanol–water partition coefficient (Wildman–Crippen LogP) is 2.60. The molecule has 0 radical (unpaired) electrons. The number of thiophene rings is 1. The highest BCUT2D eigenvalue weighted by Crippen LogP contribution is 2.17. The minimum Gasteiger partial charge on any atom is -0.341 e. The summed E-state index contributed by atoms with van der Waals surface area (Å²) in [5.74, 6) is 0.0220. The van der Waals surface area contributed by atoms with Crippen molar-refractivity contribution in [2.75, 3.05) is 20.1 Å². The number of hydrogen-bond donors (Lipinski definition) is 1. The Kier molecular flexibility index (Phi) is 5.83. The third-order valence-corrected chi connectivity index (χ3v) is 5.08. The SMILES string of the molecule is Cc1ccsc1CN(C)C(=O)NC(C)C(=O)N1CCCCC1. The van der Waals surface area contributed by atoms with E-state index in [9.17, 15) is 9.59 Å². The minimum atomic E-state index is -0.475. The van der Waals surface area contributed by atoms with Gasteiger partial charge >= 0.3 is 6.03 Å². The van der Waals surface area contributed by atoms with Crippen LogP contribution in [-0.4, -0.2) is 47.9 Å². The summed E-state index contributed by atoms with van der Waals surface area (Å²) in [4.78, 5) is 29.2. The van der Waals surface area contributed by atoms with E-state index in [1.54, 1.807) is 30.2 Å². The van der Waals surface area contributed by atoms with Crippen LogP contribution in [0, 0.1) is 6.92 Å². The first-order valence-corrected chi connectivity index (χ1v) is 8.70. The van der Waals surface area contributed by atoms with Gasteiger partial charge in [-0.1, -0.05) is 0 Å². The van der Waals surface area contributed by atoms with Gasteiger partial charge in [-0.2, -0.15) is 0 Å². The maximum Gasteiger partial charge on any atom is 0.318 e. The number of nitrogens with one attached hydrogen (secondary N) is 1. The number of amides is 3. The molecule has 0 saturated carbocycles. The van der Waals surface area contributed by atoms with Gasteiger partial charge in [0.2, 0.25) is 5.91 Å². The zero-order valence-corrected chi connectivity index (χ0v) is 14.4. The normalized spacial score (nSPS) is 16.2. The van der Waals surface area contributed by atoms with Crippen LogP contribution < -0.4 is 5.32 Å². The summed E-state index contributed by atoms with van der Waals surface area (Å²) in [6, 6.07) is 1.37. The topological polar surface area (TPSA) is 52.7 Å². The van der Waals surface area contributed by atoms with E-state index in [1.807, 2.05) is 23.3 Å². The van der Waals surface area contributed by atoms with Gasteiger partial charge in [-0.3, -0.25) is 4.79 Å². The Morgan fingerprint density at radius 3 is 2.64 bits per heavy atom. The van der Waals surface area contributed by atoms with Crippen LogP contribution in [0.25, 0.3) is 0 Å². The van der Waals surface area contributed by atoms with Crippen LogP contribution in [0.1, 0.15) is 36.6 Å². The zero-order chi connectivity index (χ0) is 16.1. The summed E-state index contributed by atoms with van der Waals surface area (Å²) >= 11 is 1.65. The highest BCUT2D eigenvalue weighted by molar-refractivity contribution is 7.10. The lowest BCUT2D eigenvalue weighted by Crippen LogP contribution is -2.51. The van der Waals surface area contributed by atoms with Crippen LogP contribution in [0.15, 0.2) is 11.4 Å². The van der Waals surface area contributed by atoms with E-state index in [0.717, 1.165) is 25.9 Å². The molecule has 1 aromatic rings. The maximum absolute atomic E-state index is 12.3. The van der Waals surface area contributed by atoms with Crippen LogP contribution in [0.3, 0.4) is 0 Å². The monoisotopic (exact) mass is 323 g/mol. The highest BCUT2D eigenvalue weighted by Gasteiger charge is 2.24. The summed E-state index contributed by atoms with van der Waals surface area (Å²) in [7, 11) is 1.76. The number of rotatable bonds is 4. The smallest absolute Gasteiger partial charge is 0.318 e. The van der Waals surface area contributed by atoms with Gasteiger partial charge in [0, 0.05) is 25.0 Å². The fourth-order valence-electron chi connectivity index (χ4n) is 2.60. The molecule has 1 N–H and O–H groups in total. The van der Waals surface area contributed by atoms with Crippen LogP contribution in [0.5, 0.6) is 0 Å². The second-order valence-corrected chi connectivity index (χ2v) is 6.94. The standard InChI is InChI=1S/C16H25N3O2S/c1-12-7-10-22-14(12)11-18(3)16(21)17-13(2)15(20)19-8-5-4-6-9-19/h7,10,13H,4-6,8-9,11H2,1-3H3,(H,17,21). The molecule has 6 heteroatoms. The summed E-state index contributed by atoms with van der Waals surface area (Å²) in [6.45, 7) is 5.99. The van der Waals surface area contributed by atoms with Crippen molar-refractivity contribution in [1.29, 1.82) is 0 Å². The van der Waals surface area contributed by atoms with Crippen molar-refractivity contribution >= 4 is 23.3 Å². The number of urea groups is 1. The number of likely N-dealkylation sites (tertiary alicyclic amines) is 1. The van der Waals surface area contributed by atoms with E-state index in [-0.39, 0.29) is 11.9 Å². The van der Waals surface area contributed by atoms with E-state index in [4.69, 9.17) is 0 Å². The number of aryl methyl sites for hydroxylation is 1. The van der Waals surface area contributed by atoms with E-state index in [0.29, 0.717) is 6.54 Å². The first-order valence-electron chi connectivity index (χ1n) is 7.82. The summed E-state index contributed by atoms with van der Waals surface area (Å²) in [6.07, 6.45) is 3.31. The molecule has 1 atom stereocenters. The van der Waals surface area contributed by atoms with Gasteiger partial charge < -0.3 is 15.1 Å². The molecule has 1 aliphatic rings. The third kappa shape index (κ3) is 4.22. The van der Waals surface area contributed by atoms with Crippen molar-refractivity contribution in [3.63, 3.8) is 0 Å². The van der Waals surface area contributed by atoms with Gasteiger partial charge in [0.25, 0.3) is 0 Å². The fourth-order valence-corrected chi connectivity index (χ4v) is 3.56. The van der Waals surface area contributed by atoms with E-state index in [2.05, 4.69) is 5.32 Å². The quantitative estimate of drug-likeness (QED) is 0.926. The van der Waals surface area contributed by atoms with Crippen molar-refractivity contribution in [2.45, 2.75) is 45.7 Å². The van der Waals surface area contributed by atoms with Crippen LogP contribution in [-0.2, 0) is 11.3 Å². The van der Waals surface area contributed by atoms with Crippen LogP contribution in [0.4, 0.5) is 4.79 Å². The van der Waals surface area contributed by atoms with Crippen molar-refractivity contribution in [3.8, 4) is 0 Å². The number of carbonyl (C=O) groups is 2. The molecule has 5 nitrogen and oxygen atoms in total. The molecule has 1 unspecified atom stereocenters. The lowest BCUT2D eigenvalue weighted by Gasteiger charge is -2.30. The first kappa shape index (κ1) is 16.8. The number of piperidine rings is 1. The maximum atomic E-state index is 12.3. The average molecular weight is 323 g/mol. The van der Waals surface area contributed by atoms with Crippen molar-refractivity contribution in [2.24, 2.45) is 0 Å². The lowest BCUT2D eigenvalue weighted by molar-refractivity contribution is -0.133. The predicted molar refractivity (Wildman–Crippen MR) is 88.9 cm³/mol. The van der Waals surface area contributed by atoms with Gasteiger partial charge in [0.1, 0.15) is 6.04 Å². The lowest BCUT2D eigenvalue weighted by atomic mass is 10.1. The molecule has 0 aliphatic carbocycles. The second kappa shape index (κ2) is 7.63. The number of carbonyl (C=O) groups excluding carboxylic acids is 2. The average Bonchev–Trinajstić information content (AvgIpc) is 2.92. The van der Waals surface area contributed by atoms with Gasteiger partial charge in [-0.05, 0) is 50.1 Å². The second-order valence-electron chi connectivity index (χ2n) is 5.94. The van der Waals surface area contributed by atoms with Gasteiger partial charge in [0.15, 0.2) is 0 Å². The Morgan fingerprint density at radius 2 is 2.05 bits per heavy atom. The molecular weight excluding hydrogens is 298 g/mol. The molecule has 1 aromatic heterocycles. The molecule has 1 aliphatic heterocycles. The highest BCUT2D eigenvalue weighted by atomic mass is 32.1. The Bertz CT molecular complexity index is 523. The Balaban J connectivity index is 1.84. The van der Waals surface area contributed by atoms with Crippen LogP contribution >= 0.6 is 11.3 Å². The molecule has 2 heterocycles. The minimum absolute atomic E-state index is 0.0220. The summed E-state index contributed by atoms with van der Waals surface area (Å²) in [5, 5.41) is 4.84. The Labute approximate surface area is 136 Å². The molecule has 2 rings (SSSR count). The molecule has 0 spiro atoms. The van der Waals surface area contributed by atoms with E-state index in [1.165, 1.54) is 16.9 Å². The molecule has 1 saturated heterocycles. The summed E-state index contributed by atoms with van der Waals surface area (Å²) in [5.41, 5.74) is 1.20. The molecule has 0 aromatic carbocycles. The molecular formula is C16H25N3O2S. The van der Waals surface area contributed by atoms with Gasteiger partial charge in [-0.25, -0.2) is 4.79 Å². The molecule has 0 bridgehead atoms. The fraction of sp³-hybridized carbons (Fsp3) is 0.625. The van der Waals surface area contributed by atoms with E-state index >= 15 is 0 Å². The van der Waals surface area contributed by atoms with Crippen LogP contribution in [0.2, 0.25) is 0 Å². The third-order valence-electron chi connectivity index (χ3n) is 4.07. The van der Waals surface area contributed by atoms with Crippen molar-refractivity contribution < 1.29 is 9.59 Å². The molecule has 122 valence electrons. The molecule has 3 amide bonds. The van der Waals surface area contributed by atoms with Gasteiger partial charge in [-0.15, -0.1) is 11.3 Å². The zero-order valence-electron chi connectivity index (χ0n) is 13.6. The summed E-state index contributed by atoms with van der Waals surface area (Å²) < 4.78 is 0. The van der Waals surface area contributed by atoms with Crippen molar-refractivity contribution in [3.05, 3.63) is 21.9 Å². The Hall–Kier alpha value is -1.56. The van der Waals surface area contributed by atoms with Crippen molar-refractivity contribution in [1.82, 2.24) is 15.1 Å². The Morgan fingerprint density at radius 1 is 1.36 bits per heavy atom. The molecule has 22 heavy (non-hydrogen) atoms. The first-order chi connectivity index (χ1) is 10.5. The largest absolute Gasteiger partial charge is 0.341 e. The van der Waals surface area contributed by atoms with E-state index < -0.39 is 6.04 Å².